The molecule has 3 nitrogen and oxygen atoms in total. The van der Waals surface area contributed by atoms with E-state index in [1.54, 1.807) is 17.8 Å². The molecule has 4 heteroatoms. The average molecular weight is 211 g/mol. The summed E-state index contributed by atoms with van der Waals surface area (Å²) < 4.78 is 0. The van der Waals surface area contributed by atoms with E-state index in [1.807, 2.05) is 24.5 Å². The zero-order chi connectivity index (χ0) is 10.6. The van der Waals surface area contributed by atoms with Gasteiger partial charge in [-0.2, -0.15) is 0 Å². The molecule has 0 spiro atoms. The monoisotopic (exact) mass is 211 g/mol. The fourth-order valence-corrected chi connectivity index (χ4v) is 1.71. The minimum absolute atomic E-state index is 0.132. The summed E-state index contributed by atoms with van der Waals surface area (Å²) in [6, 6.07) is 7.47. The summed E-state index contributed by atoms with van der Waals surface area (Å²) in [5.74, 6) is -1.46. The first-order valence-corrected chi connectivity index (χ1v) is 5.48. The van der Waals surface area contributed by atoms with E-state index in [4.69, 9.17) is 10.8 Å². The van der Waals surface area contributed by atoms with Gasteiger partial charge in [0.2, 0.25) is 0 Å². The Kier molecular flexibility index (Phi) is 3.98. The molecule has 0 saturated carbocycles. The largest absolute Gasteiger partial charge is 0.481 e. The molecular weight excluding hydrogens is 198 g/mol. The van der Waals surface area contributed by atoms with Crippen molar-refractivity contribution in [1.82, 2.24) is 0 Å². The Morgan fingerprint density at radius 3 is 2.86 bits per heavy atom. The lowest BCUT2D eigenvalue weighted by Crippen LogP contribution is -2.21. The van der Waals surface area contributed by atoms with Crippen molar-refractivity contribution in [3.8, 4) is 0 Å². The second-order valence-electron chi connectivity index (χ2n) is 2.90. The number of carbonyl (C=O) groups is 1. The fraction of sp³-hybridized carbons (Fsp3) is 0.300. The number of rotatable bonds is 4. The van der Waals surface area contributed by atoms with E-state index in [1.165, 1.54) is 0 Å². The molecule has 1 aromatic rings. The van der Waals surface area contributed by atoms with Crippen LogP contribution in [0.3, 0.4) is 0 Å². The summed E-state index contributed by atoms with van der Waals surface area (Å²) in [7, 11) is 0. The zero-order valence-corrected chi connectivity index (χ0v) is 8.75. The minimum atomic E-state index is -0.870. The molecule has 0 bridgehead atoms. The molecule has 0 aliphatic rings. The van der Waals surface area contributed by atoms with Crippen LogP contribution in [0.2, 0.25) is 0 Å². The Hall–Kier alpha value is -1.00. The standard InChI is InChI=1S/C10H13NO2S/c1-14-8-4-2-3-7(5-8)9(6-11)10(12)13/h2-5,9H,6,11H2,1H3,(H,12,13). The van der Waals surface area contributed by atoms with Crippen molar-refractivity contribution in [3.05, 3.63) is 29.8 Å². The van der Waals surface area contributed by atoms with Crippen molar-refractivity contribution in [1.29, 1.82) is 0 Å². The molecule has 0 saturated heterocycles. The second-order valence-corrected chi connectivity index (χ2v) is 3.78. The number of carboxylic acids is 1. The van der Waals surface area contributed by atoms with Gasteiger partial charge in [-0.25, -0.2) is 0 Å². The highest BCUT2D eigenvalue weighted by atomic mass is 32.2. The summed E-state index contributed by atoms with van der Waals surface area (Å²) in [5.41, 5.74) is 6.18. The predicted octanol–water partition coefficient (Wildman–Crippen LogP) is 1.54. The lowest BCUT2D eigenvalue weighted by atomic mass is 10.00. The molecule has 0 aromatic heterocycles. The van der Waals surface area contributed by atoms with Crippen LogP contribution in [-0.4, -0.2) is 23.9 Å². The number of nitrogens with two attached hydrogens (primary N) is 1. The van der Waals surface area contributed by atoms with Crippen LogP contribution in [0.25, 0.3) is 0 Å². The van der Waals surface area contributed by atoms with Gasteiger partial charge in [0.25, 0.3) is 0 Å². The summed E-state index contributed by atoms with van der Waals surface area (Å²) in [6.45, 7) is 0.132. The van der Waals surface area contributed by atoms with E-state index in [9.17, 15) is 4.79 Å². The van der Waals surface area contributed by atoms with Crippen molar-refractivity contribution >= 4 is 17.7 Å². The van der Waals surface area contributed by atoms with Crippen LogP contribution in [0.4, 0.5) is 0 Å². The van der Waals surface area contributed by atoms with Gasteiger partial charge in [-0.15, -0.1) is 11.8 Å². The van der Waals surface area contributed by atoms with Gasteiger partial charge in [0.1, 0.15) is 0 Å². The van der Waals surface area contributed by atoms with Crippen molar-refractivity contribution in [2.24, 2.45) is 5.73 Å². The molecule has 1 unspecified atom stereocenters. The lowest BCUT2D eigenvalue weighted by molar-refractivity contribution is -0.138. The Morgan fingerprint density at radius 2 is 2.36 bits per heavy atom. The van der Waals surface area contributed by atoms with E-state index in [2.05, 4.69) is 0 Å². The van der Waals surface area contributed by atoms with Crippen LogP contribution in [0.1, 0.15) is 11.5 Å². The van der Waals surface area contributed by atoms with E-state index >= 15 is 0 Å². The first kappa shape index (κ1) is 11.1. The predicted molar refractivity (Wildman–Crippen MR) is 57.7 cm³/mol. The molecule has 1 atom stereocenters. The number of carboxylic acid groups (broad SMARTS) is 1. The van der Waals surface area contributed by atoms with Crippen LogP contribution < -0.4 is 5.73 Å². The van der Waals surface area contributed by atoms with Crippen molar-refractivity contribution in [2.75, 3.05) is 12.8 Å². The Balaban J connectivity index is 2.98. The molecule has 0 aliphatic carbocycles. The third-order valence-corrected chi connectivity index (χ3v) is 2.76. The van der Waals surface area contributed by atoms with E-state index in [-0.39, 0.29) is 6.54 Å². The first-order chi connectivity index (χ1) is 6.69. The molecular formula is C10H13NO2S. The van der Waals surface area contributed by atoms with E-state index in [0.29, 0.717) is 0 Å². The van der Waals surface area contributed by atoms with Gasteiger partial charge >= 0.3 is 5.97 Å². The van der Waals surface area contributed by atoms with Gasteiger partial charge in [-0.05, 0) is 24.0 Å². The van der Waals surface area contributed by atoms with Gasteiger partial charge in [0.05, 0.1) is 5.92 Å². The highest BCUT2D eigenvalue weighted by molar-refractivity contribution is 7.98. The molecule has 0 radical (unpaired) electrons. The lowest BCUT2D eigenvalue weighted by Gasteiger charge is -2.10. The van der Waals surface area contributed by atoms with Gasteiger partial charge in [-0.3, -0.25) is 4.79 Å². The van der Waals surface area contributed by atoms with Crippen LogP contribution in [0, 0.1) is 0 Å². The quantitative estimate of drug-likeness (QED) is 0.741. The molecule has 76 valence electrons. The SMILES string of the molecule is CSc1cccc(C(CN)C(=O)O)c1. The fourth-order valence-electron chi connectivity index (χ4n) is 1.24. The number of hydrogen-bond donors (Lipinski definition) is 2. The maximum atomic E-state index is 10.8. The molecule has 3 N–H and O–H groups in total. The minimum Gasteiger partial charge on any atom is -0.481 e. The molecule has 0 aliphatic heterocycles. The van der Waals surface area contributed by atoms with E-state index in [0.717, 1.165) is 10.5 Å². The smallest absolute Gasteiger partial charge is 0.312 e. The second kappa shape index (κ2) is 5.02. The number of hydrogen-bond acceptors (Lipinski definition) is 3. The molecule has 0 amide bonds. The van der Waals surface area contributed by atoms with Crippen LogP contribution in [0.15, 0.2) is 29.2 Å². The van der Waals surface area contributed by atoms with Crippen molar-refractivity contribution < 1.29 is 9.90 Å². The van der Waals surface area contributed by atoms with Gasteiger partial charge in [0.15, 0.2) is 0 Å². The van der Waals surface area contributed by atoms with Crippen LogP contribution in [-0.2, 0) is 4.79 Å². The van der Waals surface area contributed by atoms with Crippen LogP contribution in [0.5, 0.6) is 0 Å². The van der Waals surface area contributed by atoms with Crippen molar-refractivity contribution in [3.63, 3.8) is 0 Å². The maximum absolute atomic E-state index is 10.8. The first-order valence-electron chi connectivity index (χ1n) is 4.26. The summed E-state index contributed by atoms with van der Waals surface area (Å²) in [4.78, 5) is 11.9. The Labute approximate surface area is 87.3 Å². The normalized spacial score (nSPS) is 12.4. The highest BCUT2D eigenvalue weighted by Gasteiger charge is 2.17. The Morgan fingerprint density at radius 1 is 1.64 bits per heavy atom. The summed E-state index contributed by atoms with van der Waals surface area (Å²) >= 11 is 1.59. The maximum Gasteiger partial charge on any atom is 0.312 e. The molecule has 1 aromatic carbocycles. The number of benzene rings is 1. The molecule has 1 rings (SSSR count). The Bertz CT molecular complexity index is 328. The van der Waals surface area contributed by atoms with Crippen molar-refractivity contribution in [2.45, 2.75) is 10.8 Å². The van der Waals surface area contributed by atoms with E-state index < -0.39 is 11.9 Å². The third kappa shape index (κ3) is 2.49. The van der Waals surface area contributed by atoms with Gasteiger partial charge < -0.3 is 10.8 Å². The summed E-state index contributed by atoms with van der Waals surface area (Å²) in [6.07, 6.45) is 1.96. The number of thioether (sulfide) groups is 1. The molecule has 14 heavy (non-hydrogen) atoms. The van der Waals surface area contributed by atoms with Crippen LogP contribution >= 0.6 is 11.8 Å². The van der Waals surface area contributed by atoms with Gasteiger partial charge in [0, 0.05) is 11.4 Å². The third-order valence-electron chi connectivity index (χ3n) is 2.03. The molecule has 0 fully saturated rings. The molecule has 0 heterocycles. The van der Waals surface area contributed by atoms with Gasteiger partial charge in [-0.1, -0.05) is 12.1 Å². The average Bonchev–Trinajstić information content (AvgIpc) is 2.19. The highest BCUT2D eigenvalue weighted by Crippen LogP contribution is 2.21. The summed E-state index contributed by atoms with van der Waals surface area (Å²) in [5, 5.41) is 8.90. The number of aliphatic carboxylic acids is 1. The zero-order valence-electron chi connectivity index (χ0n) is 7.93. The topological polar surface area (TPSA) is 63.3 Å².